The van der Waals surface area contributed by atoms with Crippen molar-refractivity contribution in [3.63, 3.8) is 0 Å². The molecule has 0 radical (unpaired) electrons. The van der Waals surface area contributed by atoms with Crippen LogP contribution in [0.25, 0.3) is 11.5 Å². The Bertz CT molecular complexity index is 506. The summed E-state index contributed by atoms with van der Waals surface area (Å²) < 4.78 is 5.22. The lowest BCUT2D eigenvalue weighted by Crippen LogP contribution is -2.21. The van der Waals surface area contributed by atoms with E-state index in [1.54, 1.807) is 0 Å². The number of anilines is 1. The third-order valence-corrected chi connectivity index (χ3v) is 3.23. The van der Waals surface area contributed by atoms with Crippen molar-refractivity contribution in [3.05, 3.63) is 30.2 Å². The molecular formula is C14H19N3O. The topological polar surface area (TPSA) is 51.0 Å². The molecule has 0 aliphatic carbocycles. The fraction of sp³-hybridized carbons (Fsp3) is 0.429. The Morgan fingerprint density at radius 2 is 2.00 bits per heavy atom. The van der Waals surface area contributed by atoms with Gasteiger partial charge in [0.1, 0.15) is 0 Å². The normalized spacial score (nSPS) is 12.7. The summed E-state index contributed by atoms with van der Waals surface area (Å²) in [6, 6.07) is 6.53. The molecule has 2 aromatic rings. The zero-order chi connectivity index (χ0) is 13.1. The second-order valence-corrected chi connectivity index (χ2v) is 4.95. The quantitative estimate of drug-likeness (QED) is 0.895. The first-order valence-corrected chi connectivity index (χ1v) is 6.21. The number of hydrogen-bond donors (Lipinski definition) is 1. The van der Waals surface area contributed by atoms with Crippen LogP contribution < -0.4 is 5.32 Å². The van der Waals surface area contributed by atoms with Gasteiger partial charge in [-0.15, -0.1) is 10.2 Å². The molecule has 0 fully saturated rings. The van der Waals surface area contributed by atoms with Gasteiger partial charge in [-0.25, -0.2) is 0 Å². The van der Waals surface area contributed by atoms with Crippen LogP contribution in [0.5, 0.6) is 0 Å². The van der Waals surface area contributed by atoms with E-state index in [9.17, 15) is 0 Å². The van der Waals surface area contributed by atoms with Gasteiger partial charge in [0, 0.05) is 17.3 Å². The molecule has 0 amide bonds. The van der Waals surface area contributed by atoms with E-state index in [0.717, 1.165) is 11.3 Å². The second-order valence-electron chi connectivity index (χ2n) is 4.95. The minimum absolute atomic E-state index is 0.418. The Kier molecular flexibility index (Phi) is 3.65. The van der Waals surface area contributed by atoms with Crippen LogP contribution in [0.2, 0.25) is 0 Å². The van der Waals surface area contributed by atoms with Gasteiger partial charge in [0.05, 0.1) is 0 Å². The van der Waals surface area contributed by atoms with Gasteiger partial charge in [-0.2, -0.15) is 0 Å². The van der Waals surface area contributed by atoms with E-state index >= 15 is 0 Å². The molecule has 96 valence electrons. The lowest BCUT2D eigenvalue weighted by molar-refractivity contribution is 0.559. The summed E-state index contributed by atoms with van der Waals surface area (Å²) in [6.07, 6.45) is 1.35. The Labute approximate surface area is 107 Å². The van der Waals surface area contributed by atoms with Crippen molar-refractivity contribution in [3.8, 4) is 11.5 Å². The summed E-state index contributed by atoms with van der Waals surface area (Å²) in [5.74, 6) is 1.13. The molecule has 0 aliphatic heterocycles. The molecule has 4 heteroatoms. The van der Waals surface area contributed by atoms with Crippen LogP contribution in [0.15, 0.2) is 29.0 Å². The third kappa shape index (κ3) is 2.70. The molecule has 2 rings (SSSR count). The predicted octanol–water partition coefficient (Wildman–Crippen LogP) is 3.50. The summed E-state index contributed by atoms with van der Waals surface area (Å²) in [7, 11) is 0. The van der Waals surface area contributed by atoms with Gasteiger partial charge in [-0.1, -0.05) is 19.9 Å². The number of rotatable bonds is 4. The van der Waals surface area contributed by atoms with E-state index in [1.807, 2.05) is 6.07 Å². The van der Waals surface area contributed by atoms with Crippen LogP contribution in [0.3, 0.4) is 0 Å². The predicted molar refractivity (Wildman–Crippen MR) is 72.4 cm³/mol. The third-order valence-electron chi connectivity index (χ3n) is 3.23. The Hall–Kier alpha value is -1.84. The van der Waals surface area contributed by atoms with Crippen molar-refractivity contribution in [2.24, 2.45) is 5.92 Å². The lowest BCUT2D eigenvalue weighted by Gasteiger charge is -2.20. The molecule has 1 aromatic carbocycles. The molecule has 18 heavy (non-hydrogen) atoms. The smallest absolute Gasteiger partial charge is 0.247 e. The zero-order valence-corrected chi connectivity index (χ0v) is 11.3. The number of aromatic nitrogens is 2. The van der Waals surface area contributed by atoms with Gasteiger partial charge in [-0.3, -0.25) is 0 Å². The van der Waals surface area contributed by atoms with E-state index in [2.05, 4.69) is 55.3 Å². The number of nitrogens with zero attached hydrogens (tertiary/aromatic N) is 2. The maximum Gasteiger partial charge on any atom is 0.247 e. The molecule has 0 saturated carbocycles. The van der Waals surface area contributed by atoms with Gasteiger partial charge >= 0.3 is 0 Å². The average Bonchev–Trinajstić information content (AvgIpc) is 2.85. The fourth-order valence-corrected chi connectivity index (χ4v) is 1.62. The van der Waals surface area contributed by atoms with Crippen molar-refractivity contribution in [2.45, 2.75) is 33.7 Å². The Balaban J connectivity index is 2.27. The van der Waals surface area contributed by atoms with E-state index in [1.165, 1.54) is 12.0 Å². The first-order chi connectivity index (χ1) is 8.58. The zero-order valence-electron chi connectivity index (χ0n) is 11.3. The van der Waals surface area contributed by atoms with Crippen molar-refractivity contribution >= 4 is 5.69 Å². The maximum atomic E-state index is 5.22. The van der Waals surface area contributed by atoms with Gasteiger partial charge in [0.15, 0.2) is 0 Å². The number of nitrogens with one attached hydrogen (secondary N) is 1. The Morgan fingerprint density at radius 3 is 2.61 bits per heavy atom. The molecule has 4 nitrogen and oxygen atoms in total. The van der Waals surface area contributed by atoms with Crippen LogP contribution in [0.4, 0.5) is 5.69 Å². The standard InChI is InChI=1S/C14H19N3O/c1-9(2)11(4)16-13-7-12(6-5-10(13)3)14-17-15-8-18-14/h5-9,11,16H,1-4H3. The largest absolute Gasteiger partial charge is 0.423 e. The SMILES string of the molecule is Cc1ccc(-c2nnco2)cc1NC(C)C(C)C. The van der Waals surface area contributed by atoms with E-state index < -0.39 is 0 Å². The summed E-state index contributed by atoms with van der Waals surface area (Å²) in [5.41, 5.74) is 3.27. The van der Waals surface area contributed by atoms with Crippen LogP contribution in [0, 0.1) is 12.8 Å². The van der Waals surface area contributed by atoms with Crippen molar-refractivity contribution < 1.29 is 4.42 Å². The first kappa shape index (κ1) is 12.6. The minimum atomic E-state index is 0.418. The summed E-state index contributed by atoms with van der Waals surface area (Å²) in [6.45, 7) is 8.68. The van der Waals surface area contributed by atoms with Crippen LogP contribution in [0.1, 0.15) is 26.3 Å². The van der Waals surface area contributed by atoms with Crippen molar-refractivity contribution in [2.75, 3.05) is 5.32 Å². The average molecular weight is 245 g/mol. The lowest BCUT2D eigenvalue weighted by atomic mass is 10.0. The molecule has 0 bridgehead atoms. The number of aryl methyl sites for hydroxylation is 1. The van der Waals surface area contributed by atoms with Gasteiger partial charge in [0.25, 0.3) is 0 Å². The maximum absolute atomic E-state index is 5.22. The molecule has 1 N–H and O–H groups in total. The molecule has 1 unspecified atom stereocenters. The molecular weight excluding hydrogens is 226 g/mol. The molecule has 0 spiro atoms. The van der Waals surface area contributed by atoms with E-state index in [0.29, 0.717) is 17.9 Å². The van der Waals surface area contributed by atoms with E-state index in [-0.39, 0.29) is 0 Å². The monoisotopic (exact) mass is 245 g/mol. The molecule has 0 aliphatic rings. The highest BCUT2D eigenvalue weighted by atomic mass is 16.4. The van der Waals surface area contributed by atoms with Crippen LogP contribution in [-0.2, 0) is 0 Å². The second kappa shape index (κ2) is 5.21. The van der Waals surface area contributed by atoms with Gasteiger partial charge in [0.2, 0.25) is 12.3 Å². The molecule has 0 saturated heterocycles. The van der Waals surface area contributed by atoms with Crippen molar-refractivity contribution in [1.29, 1.82) is 0 Å². The van der Waals surface area contributed by atoms with Crippen LogP contribution in [-0.4, -0.2) is 16.2 Å². The van der Waals surface area contributed by atoms with E-state index in [4.69, 9.17) is 4.42 Å². The first-order valence-electron chi connectivity index (χ1n) is 6.21. The highest BCUT2D eigenvalue weighted by Gasteiger charge is 2.10. The minimum Gasteiger partial charge on any atom is -0.423 e. The summed E-state index contributed by atoms with van der Waals surface area (Å²) >= 11 is 0. The molecule has 1 aromatic heterocycles. The summed E-state index contributed by atoms with van der Waals surface area (Å²) in [4.78, 5) is 0. The van der Waals surface area contributed by atoms with Gasteiger partial charge < -0.3 is 9.73 Å². The van der Waals surface area contributed by atoms with Gasteiger partial charge in [-0.05, 0) is 37.5 Å². The summed E-state index contributed by atoms with van der Waals surface area (Å²) in [5, 5.41) is 11.2. The van der Waals surface area contributed by atoms with Crippen LogP contribution >= 0.6 is 0 Å². The highest BCUT2D eigenvalue weighted by Crippen LogP contribution is 2.25. The molecule has 1 atom stereocenters. The van der Waals surface area contributed by atoms with Crippen molar-refractivity contribution in [1.82, 2.24) is 10.2 Å². The molecule has 1 heterocycles. The number of hydrogen-bond acceptors (Lipinski definition) is 4. The number of benzene rings is 1. The fourth-order valence-electron chi connectivity index (χ4n) is 1.62. The highest BCUT2D eigenvalue weighted by molar-refractivity contribution is 5.64. The Morgan fingerprint density at radius 1 is 1.22 bits per heavy atom.